The Labute approximate surface area is 217 Å². The summed E-state index contributed by atoms with van der Waals surface area (Å²) < 4.78 is 26.6. The molecule has 0 aromatic heterocycles. The van der Waals surface area contributed by atoms with Gasteiger partial charge in [-0.15, -0.1) is 0 Å². The first-order chi connectivity index (χ1) is 17.1. The third kappa shape index (κ3) is 7.08. The van der Waals surface area contributed by atoms with E-state index in [-0.39, 0.29) is 18.9 Å². The molecular formula is C27H30ClN3O4S. The summed E-state index contributed by atoms with van der Waals surface area (Å²) in [6.07, 6.45) is 1.32. The number of benzene rings is 3. The molecule has 36 heavy (non-hydrogen) atoms. The van der Waals surface area contributed by atoms with Crippen LogP contribution in [0.2, 0.25) is 5.02 Å². The molecule has 0 heterocycles. The minimum Gasteiger partial charge on any atom is -0.357 e. The Morgan fingerprint density at radius 2 is 1.58 bits per heavy atom. The molecular weight excluding hydrogens is 498 g/mol. The van der Waals surface area contributed by atoms with Gasteiger partial charge in [-0.1, -0.05) is 72.3 Å². The molecule has 0 aliphatic heterocycles. The molecule has 0 fully saturated rings. The highest BCUT2D eigenvalue weighted by Crippen LogP contribution is 2.24. The molecule has 0 spiro atoms. The molecule has 3 rings (SSSR count). The lowest BCUT2D eigenvalue weighted by Gasteiger charge is -2.33. The monoisotopic (exact) mass is 527 g/mol. The SMILES string of the molecule is CNC(=O)C(Cc1ccccc1)N(Cc1cccc(Cl)c1)C(=O)CN(c1ccccc1C)S(C)(=O)=O. The van der Waals surface area contributed by atoms with E-state index in [0.717, 1.165) is 21.7 Å². The number of para-hydroxylation sites is 1. The number of hydrogen-bond acceptors (Lipinski definition) is 4. The Morgan fingerprint density at radius 3 is 2.19 bits per heavy atom. The van der Waals surface area contributed by atoms with Gasteiger partial charge >= 0.3 is 0 Å². The fraction of sp³-hybridized carbons (Fsp3) is 0.259. The number of amides is 2. The molecule has 1 unspecified atom stereocenters. The number of halogens is 1. The maximum Gasteiger partial charge on any atom is 0.244 e. The smallest absolute Gasteiger partial charge is 0.244 e. The predicted molar refractivity (Wildman–Crippen MR) is 143 cm³/mol. The number of nitrogens with one attached hydrogen (secondary N) is 1. The van der Waals surface area contributed by atoms with Crippen molar-refractivity contribution in [1.29, 1.82) is 0 Å². The van der Waals surface area contributed by atoms with Crippen LogP contribution in [-0.2, 0) is 32.6 Å². The summed E-state index contributed by atoms with van der Waals surface area (Å²) in [5, 5.41) is 3.15. The topological polar surface area (TPSA) is 86.8 Å². The number of sulfonamides is 1. The fourth-order valence-corrected chi connectivity index (χ4v) is 5.11. The van der Waals surface area contributed by atoms with Crippen LogP contribution in [0.4, 0.5) is 5.69 Å². The van der Waals surface area contributed by atoms with Crippen LogP contribution in [0.1, 0.15) is 16.7 Å². The first-order valence-corrected chi connectivity index (χ1v) is 13.7. The fourth-order valence-electron chi connectivity index (χ4n) is 3.99. The van der Waals surface area contributed by atoms with Gasteiger partial charge in [0.05, 0.1) is 11.9 Å². The van der Waals surface area contributed by atoms with Gasteiger partial charge in [0, 0.05) is 25.0 Å². The van der Waals surface area contributed by atoms with Crippen molar-refractivity contribution in [3.8, 4) is 0 Å². The normalized spacial score (nSPS) is 12.0. The Bertz CT molecular complexity index is 1320. The zero-order valence-electron chi connectivity index (χ0n) is 20.5. The average Bonchev–Trinajstić information content (AvgIpc) is 2.84. The molecule has 190 valence electrons. The number of hydrogen-bond donors (Lipinski definition) is 1. The van der Waals surface area contributed by atoms with E-state index in [0.29, 0.717) is 16.3 Å². The van der Waals surface area contributed by atoms with E-state index in [4.69, 9.17) is 11.6 Å². The molecule has 0 radical (unpaired) electrons. The minimum atomic E-state index is -3.79. The molecule has 7 nitrogen and oxygen atoms in total. The number of rotatable bonds is 10. The van der Waals surface area contributed by atoms with Crippen molar-refractivity contribution in [2.45, 2.75) is 25.9 Å². The minimum absolute atomic E-state index is 0.0791. The summed E-state index contributed by atoms with van der Waals surface area (Å²) >= 11 is 6.18. The Balaban J connectivity index is 2.04. The van der Waals surface area contributed by atoms with Crippen molar-refractivity contribution in [2.75, 3.05) is 24.2 Å². The van der Waals surface area contributed by atoms with Crippen LogP contribution in [-0.4, -0.2) is 51.0 Å². The number of carbonyl (C=O) groups excluding carboxylic acids is 2. The van der Waals surface area contributed by atoms with Gasteiger partial charge in [-0.05, 0) is 41.8 Å². The lowest BCUT2D eigenvalue weighted by Crippen LogP contribution is -2.53. The number of aryl methyl sites for hydroxylation is 1. The Kier molecular flexibility index (Phi) is 9.12. The van der Waals surface area contributed by atoms with E-state index in [1.165, 1.54) is 11.9 Å². The van der Waals surface area contributed by atoms with Crippen molar-refractivity contribution in [3.05, 3.63) is 101 Å². The van der Waals surface area contributed by atoms with Crippen molar-refractivity contribution >= 4 is 39.1 Å². The number of nitrogens with zero attached hydrogens (tertiary/aromatic N) is 2. The molecule has 1 N–H and O–H groups in total. The maximum absolute atomic E-state index is 13.8. The van der Waals surface area contributed by atoms with Gasteiger partial charge in [-0.3, -0.25) is 13.9 Å². The largest absolute Gasteiger partial charge is 0.357 e. The highest BCUT2D eigenvalue weighted by molar-refractivity contribution is 7.92. The third-order valence-corrected chi connectivity index (χ3v) is 7.18. The summed E-state index contributed by atoms with van der Waals surface area (Å²) in [5.74, 6) is -0.857. The Morgan fingerprint density at radius 1 is 0.944 bits per heavy atom. The second kappa shape index (κ2) is 12.1. The maximum atomic E-state index is 13.8. The second-order valence-corrected chi connectivity index (χ2v) is 10.9. The summed E-state index contributed by atoms with van der Waals surface area (Å²) in [6.45, 7) is 1.41. The van der Waals surface area contributed by atoms with Gasteiger partial charge in [0.25, 0.3) is 0 Å². The van der Waals surface area contributed by atoms with Gasteiger partial charge in [-0.25, -0.2) is 8.42 Å². The van der Waals surface area contributed by atoms with Crippen LogP contribution >= 0.6 is 11.6 Å². The number of anilines is 1. The summed E-state index contributed by atoms with van der Waals surface area (Å²) in [4.78, 5) is 28.3. The molecule has 3 aromatic carbocycles. The molecule has 0 bridgehead atoms. The summed E-state index contributed by atoms with van der Waals surface area (Å²) in [5.41, 5.74) is 2.72. The highest BCUT2D eigenvalue weighted by atomic mass is 35.5. The molecule has 0 saturated heterocycles. The van der Waals surface area contributed by atoms with E-state index in [2.05, 4.69) is 5.32 Å². The second-order valence-electron chi connectivity index (χ2n) is 8.53. The molecule has 9 heteroatoms. The highest BCUT2D eigenvalue weighted by Gasteiger charge is 2.32. The average molecular weight is 528 g/mol. The molecule has 1 atom stereocenters. The van der Waals surface area contributed by atoms with Crippen LogP contribution in [0.15, 0.2) is 78.9 Å². The molecule has 0 aliphatic carbocycles. The van der Waals surface area contributed by atoms with Gasteiger partial charge in [0.15, 0.2) is 0 Å². The Hall–Kier alpha value is -3.36. The van der Waals surface area contributed by atoms with Crippen molar-refractivity contribution in [1.82, 2.24) is 10.2 Å². The van der Waals surface area contributed by atoms with Gasteiger partial charge in [-0.2, -0.15) is 0 Å². The third-order valence-electron chi connectivity index (χ3n) is 5.82. The quantitative estimate of drug-likeness (QED) is 0.434. The van der Waals surface area contributed by atoms with Crippen LogP contribution in [0.3, 0.4) is 0 Å². The molecule has 0 saturated carbocycles. The van der Waals surface area contributed by atoms with Crippen molar-refractivity contribution < 1.29 is 18.0 Å². The van der Waals surface area contributed by atoms with Crippen LogP contribution in [0.25, 0.3) is 0 Å². The van der Waals surface area contributed by atoms with E-state index in [1.54, 1.807) is 49.4 Å². The number of carbonyl (C=O) groups is 2. The van der Waals surface area contributed by atoms with E-state index >= 15 is 0 Å². The van der Waals surface area contributed by atoms with Crippen LogP contribution in [0.5, 0.6) is 0 Å². The zero-order chi connectivity index (χ0) is 26.3. The van der Waals surface area contributed by atoms with Crippen molar-refractivity contribution in [2.24, 2.45) is 0 Å². The summed E-state index contributed by atoms with van der Waals surface area (Å²) in [7, 11) is -2.28. The summed E-state index contributed by atoms with van der Waals surface area (Å²) in [6, 6.07) is 22.5. The molecule has 2 amide bonds. The molecule has 3 aromatic rings. The standard InChI is InChI=1S/C27H30ClN3O4S/c1-20-10-7-8-15-24(20)31(36(3,34)35)19-26(32)30(18-22-13-9-14-23(28)16-22)25(27(33)29-2)17-21-11-5-4-6-12-21/h4-16,25H,17-19H2,1-3H3,(H,29,33). The zero-order valence-corrected chi connectivity index (χ0v) is 22.1. The van der Waals surface area contributed by atoms with E-state index in [1.807, 2.05) is 36.4 Å². The van der Waals surface area contributed by atoms with E-state index < -0.39 is 28.5 Å². The van der Waals surface area contributed by atoms with Gasteiger partial charge < -0.3 is 10.2 Å². The first-order valence-electron chi connectivity index (χ1n) is 11.4. The first kappa shape index (κ1) is 27.2. The molecule has 0 aliphatic rings. The van der Waals surface area contributed by atoms with Gasteiger partial charge in [0.2, 0.25) is 21.8 Å². The van der Waals surface area contributed by atoms with Gasteiger partial charge in [0.1, 0.15) is 12.6 Å². The lowest BCUT2D eigenvalue weighted by atomic mass is 10.0. The van der Waals surface area contributed by atoms with Crippen molar-refractivity contribution in [3.63, 3.8) is 0 Å². The lowest BCUT2D eigenvalue weighted by molar-refractivity contribution is -0.139. The number of likely N-dealkylation sites (N-methyl/N-ethyl adjacent to an activating group) is 1. The van der Waals surface area contributed by atoms with Crippen LogP contribution in [0, 0.1) is 6.92 Å². The van der Waals surface area contributed by atoms with Crippen LogP contribution < -0.4 is 9.62 Å². The predicted octanol–water partition coefficient (Wildman–Crippen LogP) is 3.80. The van der Waals surface area contributed by atoms with E-state index in [9.17, 15) is 18.0 Å².